The Kier molecular flexibility index (Phi) is 4.40. The summed E-state index contributed by atoms with van der Waals surface area (Å²) >= 11 is 0. The summed E-state index contributed by atoms with van der Waals surface area (Å²) in [5.74, 6) is 0.346. The van der Waals surface area contributed by atoms with Gasteiger partial charge in [-0.2, -0.15) is 0 Å². The molecule has 0 bridgehead atoms. The first-order valence-electron chi connectivity index (χ1n) is 7.22. The second-order valence-corrected chi connectivity index (χ2v) is 6.08. The van der Waals surface area contributed by atoms with Crippen LogP contribution in [0.4, 0.5) is 5.69 Å². The topological polar surface area (TPSA) is 32.3 Å². The molecule has 110 valence electrons. The Balaban J connectivity index is 0.00000147. The number of benzene rings is 1. The zero-order valence-corrected chi connectivity index (χ0v) is 13.1. The first-order chi connectivity index (χ1) is 9.11. The van der Waals surface area contributed by atoms with Crippen molar-refractivity contribution in [3.8, 4) is 0 Å². The lowest BCUT2D eigenvalue weighted by molar-refractivity contribution is -0.126. The third kappa shape index (κ3) is 2.57. The summed E-state index contributed by atoms with van der Waals surface area (Å²) in [5, 5.41) is 3.36. The molecule has 1 spiro atoms. The second-order valence-electron chi connectivity index (χ2n) is 6.08. The summed E-state index contributed by atoms with van der Waals surface area (Å²) in [4.78, 5) is 14.8. The van der Waals surface area contributed by atoms with Gasteiger partial charge in [-0.25, -0.2) is 0 Å². The molecule has 4 heteroatoms. The Morgan fingerprint density at radius 2 is 1.65 bits per heavy atom. The van der Waals surface area contributed by atoms with Gasteiger partial charge in [0.15, 0.2) is 0 Å². The van der Waals surface area contributed by atoms with E-state index in [1.54, 1.807) is 0 Å². The molecule has 3 rings (SSSR count). The van der Waals surface area contributed by atoms with Crippen LogP contribution in [0.3, 0.4) is 0 Å². The maximum Gasteiger partial charge on any atom is 0.233 e. The van der Waals surface area contributed by atoms with Crippen molar-refractivity contribution in [2.75, 3.05) is 24.5 Å². The quantitative estimate of drug-likeness (QED) is 0.864. The number of carbonyl (C=O) groups is 1. The lowest BCUT2D eigenvalue weighted by Crippen LogP contribution is -2.42. The minimum absolute atomic E-state index is 0. The summed E-state index contributed by atoms with van der Waals surface area (Å²) in [5.41, 5.74) is 3.46. The van der Waals surface area contributed by atoms with Crippen molar-refractivity contribution in [1.29, 1.82) is 0 Å². The fourth-order valence-corrected chi connectivity index (χ4v) is 3.54. The van der Waals surface area contributed by atoms with Crippen LogP contribution in [0.15, 0.2) is 18.2 Å². The van der Waals surface area contributed by atoms with Crippen molar-refractivity contribution < 1.29 is 4.79 Å². The van der Waals surface area contributed by atoms with Gasteiger partial charge in [-0.3, -0.25) is 4.79 Å². The van der Waals surface area contributed by atoms with E-state index in [2.05, 4.69) is 37.4 Å². The SMILES string of the molecule is Cc1cc(C)cc(N2CCC3(CCNCC3)C2=O)c1.Cl. The Labute approximate surface area is 127 Å². The minimum atomic E-state index is -0.0805. The molecule has 0 radical (unpaired) electrons. The van der Waals surface area contributed by atoms with Crippen LogP contribution in [0.5, 0.6) is 0 Å². The number of nitrogens with zero attached hydrogens (tertiary/aromatic N) is 1. The fraction of sp³-hybridized carbons (Fsp3) is 0.562. The molecule has 20 heavy (non-hydrogen) atoms. The standard InChI is InChI=1S/C16H22N2O.ClH/c1-12-9-13(2)11-14(10-12)18-8-5-16(15(18)19)3-6-17-7-4-16;/h9-11,17H,3-8H2,1-2H3;1H. The highest BCUT2D eigenvalue weighted by Gasteiger charge is 2.47. The number of rotatable bonds is 1. The molecular formula is C16H23ClN2O. The van der Waals surface area contributed by atoms with E-state index < -0.39 is 0 Å². The average molecular weight is 295 g/mol. The van der Waals surface area contributed by atoms with Crippen LogP contribution in [0, 0.1) is 19.3 Å². The summed E-state index contributed by atoms with van der Waals surface area (Å²) < 4.78 is 0. The van der Waals surface area contributed by atoms with Crippen molar-refractivity contribution in [3.63, 3.8) is 0 Å². The normalized spacial score (nSPS) is 21.1. The first-order valence-corrected chi connectivity index (χ1v) is 7.22. The maximum absolute atomic E-state index is 12.8. The second kappa shape index (κ2) is 5.74. The van der Waals surface area contributed by atoms with Gasteiger partial charge in [-0.1, -0.05) is 6.07 Å². The number of carbonyl (C=O) groups excluding carboxylic acids is 1. The summed E-state index contributed by atoms with van der Waals surface area (Å²) in [7, 11) is 0. The largest absolute Gasteiger partial charge is 0.317 e. The Hall–Kier alpha value is -1.06. The number of halogens is 1. The summed E-state index contributed by atoms with van der Waals surface area (Å²) in [6.45, 7) is 7.02. The van der Waals surface area contributed by atoms with Gasteiger partial charge >= 0.3 is 0 Å². The number of hydrogen-bond acceptors (Lipinski definition) is 2. The third-order valence-electron chi connectivity index (χ3n) is 4.59. The Bertz CT molecular complexity index is 489. The average Bonchev–Trinajstić information content (AvgIpc) is 2.67. The van der Waals surface area contributed by atoms with E-state index in [4.69, 9.17) is 0 Å². The van der Waals surface area contributed by atoms with Crippen molar-refractivity contribution >= 4 is 24.0 Å². The molecule has 1 aromatic carbocycles. The molecule has 0 aromatic heterocycles. The van der Waals surface area contributed by atoms with Crippen LogP contribution in [0.1, 0.15) is 30.4 Å². The monoisotopic (exact) mass is 294 g/mol. The van der Waals surface area contributed by atoms with Crippen LogP contribution in [0.2, 0.25) is 0 Å². The smallest absolute Gasteiger partial charge is 0.233 e. The molecule has 0 atom stereocenters. The summed E-state index contributed by atoms with van der Waals surface area (Å²) in [6, 6.07) is 6.42. The lowest BCUT2D eigenvalue weighted by Gasteiger charge is -2.32. The molecule has 0 saturated carbocycles. The van der Waals surface area contributed by atoms with Gasteiger partial charge < -0.3 is 10.2 Å². The number of nitrogens with one attached hydrogen (secondary N) is 1. The number of piperidine rings is 1. The zero-order chi connectivity index (χ0) is 13.5. The molecule has 1 amide bonds. The van der Waals surface area contributed by atoms with Gasteiger partial charge in [0.2, 0.25) is 5.91 Å². The lowest BCUT2D eigenvalue weighted by atomic mass is 9.77. The minimum Gasteiger partial charge on any atom is -0.317 e. The number of hydrogen-bond donors (Lipinski definition) is 1. The van der Waals surface area contributed by atoms with E-state index >= 15 is 0 Å². The number of amides is 1. The maximum atomic E-state index is 12.8. The first kappa shape index (κ1) is 15.3. The van der Waals surface area contributed by atoms with E-state index in [0.717, 1.165) is 44.6 Å². The van der Waals surface area contributed by atoms with E-state index in [1.807, 2.05) is 4.90 Å². The Morgan fingerprint density at radius 3 is 2.25 bits per heavy atom. The highest BCUT2D eigenvalue weighted by molar-refractivity contribution is 6.00. The van der Waals surface area contributed by atoms with Crippen molar-refractivity contribution in [2.24, 2.45) is 5.41 Å². The van der Waals surface area contributed by atoms with Crippen LogP contribution < -0.4 is 10.2 Å². The van der Waals surface area contributed by atoms with Crippen molar-refractivity contribution in [3.05, 3.63) is 29.3 Å². The van der Waals surface area contributed by atoms with E-state index in [-0.39, 0.29) is 17.8 Å². The van der Waals surface area contributed by atoms with Crippen molar-refractivity contribution in [1.82, 2.24) is 5.32 Å². The van der Waals surface area contributed by atoms with Crippen LogP contribution in [-0.4, -0.2) is 25.5 Å². The van der Waals surface area contributed by atoms with E-state index in [9.17, 15) is 4.79 Å². The third-order valence-corrected chi connectivity index (χ3v) is 4.59. The molecule has 2 saturated heterocycles. The molecule has 1 aromatic rings. The van der Waals surface area contributed by atoms with Crippen LogP contribution in [0.25, 0.3) is 0 Å². The van der Waals surface area contributed by atoms with E-state index in [1.165, 1.54) is 11.1 Å². The van der Waals surface area contributed by atoms with Gasteiger partial charge in [0.1, 0.15) is 0 Å². The van der Waals surface area contributed by atoms with Gasteiger partial charge in [0.05, 0.1) is 5.41 Å². The predicted octanol–water partition coefficient (Wildman–Crippen LogP) is 2.83. The van der Waals surface area contributed by atoms with Gasteiger partial charge in [-0.15, -0.1) is 12.4 Å². The zero-order valence-electron chi connectivity index (χ0n) is 12.2. The molecule has 1 N–H and O–H groups in total. The van der Waals surface area contributed by atoms with Crippen LogP contribution in [-0.2, 0) is 4.79 Å². The van der Waals surface area contributed by atoms with Gasteiger partial charge in [0.25, 0.3) is 0 Å². The molecule has 2 aliphatic rings. The molecule has 2 heterocycles. The Morgan fingerprint density at radius 1 is 1.05 bits per heavy atom. The van der Waals surface area contributed by atoms with Gasteiger partial charge in [0, 0.05) is 12.2 Å². The molecule has 0 unspecified atom stereocenters. The van der Waals surface area contributed by atoms with Crippen LogP contribution >= 0.6 is 12.4 Å². The number of anilines is 1. The van der Waals surface area contributed by atoms with Gasteiger partial charge in [-0.05, 0) is 69.5 Å². The highest BCUT2D eigenvalue weighted by Crippen LogP contribution is 2.41. The predicted molar refractivity (Wildman–Crippen MR) is 84.7 cm³/mol. The number of aryl methyl sites for hydroxylation is 2. The van der Waals surface area contributed by atoms with E-state index in [0.29, 0.717) is 5.91 Å². The van der Waals surface area contributed by atoms with Crippen molar-refractivity contribution in [2.45, 2.75) is 33.1 Å². The molecule has 0 aliphatic carbocycles. The fourth-order valence-electron chi connectivity index (χ4n) is 3.54. The summed E-state index contributed by atoms with van der Waals surface area (Å²) in [6.07, 6.45) is 3.00. The highest BCUT2D eigenvalue weighted by atomic mass is 35.5. The molecule has 2 aliphatic heterocycles. The molecule has 2 fully saturated rings. The molecule has 3 nitrogen and oxygen atoms in total. The molecular weight excluding hydrogens is 272 g/mol.